The number of rotatable bonds is 4. The summed E-state index contributed by atoms with van der Waals surface area (Å²) < 4.78 is 13.7. The third-order valence-corrected chi connectivity index (χ3v) is 4.58. The molecule has 1 atom stereocenters. The Kier molecular flexibility index (Phi) is 4.24. The van der Waals surface area contributed by atoms with Crippen LogP contribution in [0, 0.1) is 6.92 Å². The highest BCUT2D eigenvalue weighted by Gasteiger charge is 2.26. The highest BCUT2D eigenvalue weighted by Crippen LogP contribution is 2.31. The lowest BCUT2D eigenvalue weighted by molar-refractivity contribution is 0.0471. The van der Waals surface area contributed by atoms with E-state index < -0.39 is 0 Å². The van der Waals surface area contributed by atoms with Gasteiger partial charge in [0.25, 0.3) is 5.91 Å². The van der Waals surface area contributed by atoms with Gasteiger partial charge < -0.3 is 18.8 Å². The fourth-order valence-electron chi connectivity index (χ4n) is 3.17. The SMILES string of the molecule is CCN(CC1COc2ccccc2O1)C(=O)c1cn2c(C)cccc2n1. The average molecular weight is 351 g/mol. The van der Waals surface area contributed by atoms with Crippen molar-refractivity contribution in [2.75, 3.05) is 19.7 Å². The molecular weight excluding hydrogens is 330 g/mol. The van der Waals surface area contributed by atoms with E-state index >= 15 is 0 Å². The van der Waals surface area contributed by atoms with E-state index in [0.29, 0.717) is 25.4 Å². The van der Waals surface area contributed by atoms with Crippen LogP contribution in [0.4, 0.5) is 0 Å². The molecule has 0 bridgehead atoms. The molecule has 3 aromatic rings. The lowest BCUT2D eigenvalue weighted by atomic mass is 10.2. The number of hydrogen-bond acceptors (Lipinski definition) is 4. The first-order valence-electron chi connectivity index (χ1n) is 8.78. The van der Waals surface area contributed by atoms with Gasteiger partial charge in [0.2, 0.25) is 0 Å². The van der Waals surface area contributed by atoms with E-state index in [9.17, 15) is 4.79 Å². The molecule has 0 aliphatic carbocycles. The summed E-state index contributed by atoms with van der Waals surface area (Å²) in [6.07, 6.45) is 1.59. The zero-order valence-corrected chi connectivity index (χ0v) is 14.9. The van der Waals surface area contributed by atoms with Gasteiger partial charge in [0.15, 0.2) is 17.6 Å². The van der Waals surface area contributed by atoms with E-state index in [2.05, 4.69) is 4.98 Å². The molecule has 1 aliphatic heterocycles. The molecule has 2 aromatic heterocycles. The molecule has 1 aliphatic rings. The second kappa shape index (κ2) is 6.71. The van der Waals surface area contributed by atoms with Crippen LogP contribution in [0.25, 0.3) is 5.65 Å². The van der Waals surface area contributed by atoms with Crippen LogP contribution in [-0.2, 0) is 0 Å². The van der Waals surface area contributed by atoms with E-state index in [0.717, 1.165) is 22.8 Å². The van der Waals surface area contributed by atoms with Crippen molar-refractivity contribution in [2.24, 2.45) is 0 Å². The van der Waals surface area contributed by atoms with Crippen molar-refractivity contribution in [2.45, 2.75) is 20.0 Å². The van der Waals surface area contributed by atoms with Crippen LogP contribution in [0.2, 0.25) is 0 Å². The number of aryl methyl sites for hydroxylation is 1. The summed E-state index contributed by atoms with van der Waals surface area (Å²) >= 11 is 0. The van der Waals surface area contributed by atoms with Gasteiger partial charge in [-0.15, -0.1) is 0 Å². The molecule has 0 spiro atoms. The van der Waals surface area contributed by atoms with Gasteiger partial charge in [-0.25, -0.2) is 4.98 Å². The van der Waals surface area contributed by atoms with Crippen LogP contribution in [0.15, 0.2) is 48.7 Å². The first kappa shape index (κ1) is 16.4. The van der Waals surface area contributed by atoms with Gasteiger partial charge in [-0.1, -0.05) is 18.2 Å². The van der Waals surface area contributed by atoms with Crippen LogP contribution in [0.3, 0.4) is 0 Å². The first-order valence-corrected chi connectivity index (χ1v) is 8.78. The average Bonchev–Trinajstić information content (AvgIpc) is 3.11. The van der Waals surface area contributed by atoms with Crippen molar-refractivity contribution in [3.05, 3.63) is 60.0 Å². The molecule has 0 N–H and O–H groups in total. The number of aromatic nitrogens is 2. The molecule has 26 heavy (non-hydrogen) atoms. The zero-order chi connectivity index (χ0) is 18.1. The number of amides is 1. The lowest BCUT2D eigenvalue weighted by Crippen LogP contribution is -2.43. The van der Waals surface area contributed by atoms with Crippen LogP contribution in [0.5, 0.6) is 11.5 Å². The van der Waals surface area contributed by atoms with Gasteiger partial charge in [0, 0.05) is 18.4 Å². The zero-order valence-electron chi connectivity index (χ0n) is 14.9. The maximum Gasteiger partial charge on any atom is 0.274 e. The van der Waals surface area contributed by atoms with E-state index in [1.54, 1.807) is 11.1 Å². The number of ether oxygens (including phenoxy) is 2. The van der Waals surface area contributed by atoms with Gasteiger partial charge >= 0.3 is 0 Å². The quantitative estimate of drug-likeness (QED) is 0.725. The van der Waals surface area contributed by atoms with Crippen LogP contribution in [-0.4, -0.2) is 46.0 Å². The largest absolute Gasteiger partial charge is 0.486 e. The van der Waals surface area contributed by atoms with Gasteiger partial charge in [-0.2, -0.15) is 0 Å². The first-order chi connectivity index (χ1) is 12.7. The molecule has 6 heteroatoms. The van der Waals surface area contributed by atoms with Gasteiger partial charge in [0.1, 0.15) is 17.9 Å². The van der Waals surface area contributed by atoms with E-state index in [1.807, 2.05) is 60.7 Å². The Labute approximate surface area is 152 Å². The third-order valence-electron chi connectivity index (χ3n) is 4.58. The molecule has 6 nitrogen and oxygen atoms in total. The Morgan fingerprint density at radius 1 is 1.23 bits per heavy atom. The molecule has 1 aromatic carbocycles. The molecule has 1 amide bonds. The molecule has 134 valence electrons. The van der Waals surface area contributed by atoms with Crippen molar-refractivity contribution >= 4 is 11.6 Å². The lowest BCUT2D eigenvalue weighted by Gasteiger charge is -2.30. The Hall–Kier alpha value is -3.02. The Morgan fingerprint density at radius 2 is 2.04 bits per heavy atom. The van der Waals surface area contributed by atoms with Crippen molar-refractivity contribution in [3.8, 4) is 11.5 Å². The van der Waals surface area contributed by atoms with Crippen molar-refractivity contribution < 1.29 is 14.3 Å². The molecule has 1 unspecified atom stereocenters. The fraction of sp³-hybridized carbons (Fsp3) is 0.300. The van der Waals surface area contributed by atoms with Crippen LogP contribution < -0.4 is 9.47 Å². The number of imidazole rings is 1. The van der Waals surface area contributed by atoms with Crippen LogP contribution >= 0.6 is 0 Å². The highest BCUT2D eigenvalue weighted by molar-refractivity contribution is 5.93. The Bertz CT molecular complexity index is 950. The minimum atomic E-state index is -0.201. The summed E-state index contributed by atoms with van der Waals surface area (Å²) in [4.78, 5) is 19.1. The van der Waals surface area contributed by atoms with Crippen molar-refractivity contribution in [1.82, 2.24) is 14.3 Å². The van der Waals surface area contributed by atoms with Gasteiger partial charge in [-0.05, 0) is 38.1 Å². The monoisotopic (exact) mass is 351 g/mol. The highest BCUT2D eigenvalue weighted by atomic mass is 16.6. The molecule has 0 saturated heterocycles. The molecule has 3 heterocycles. The number of benzene rings is 1. The van der Waals surface area contributed by atoms with Crippen molar-refractivity contribution in [3.63, 3.8) is 0 Å². The summed E-state index contributed by atoms with van der Waals surface area (Å²) in [5, 5.41) is 0. The summed E-state index contributed by atoms with van der Waals surface area (Å²) in [5.41, 5.74) is 2.26. The Balaban J connectivity index is 1.51. The smallest absolute Gasteiger partial charge is 0.274 e. The normalized spacial score (nSPS) is 15.8. The minimum absolute atomic E-state index is 0.0990. The maximum atomic E-state index is 12.9. The maximum absolute atomic E-state index is 12.9. The number of nitrogens with zero attached hydrogens (tertiary/aromatic N) is 3. The molecule has 4 rings (SSSR count). The molecular formula is C20H21N3O3. The van der Waals surface area contributed by atoms with Gasteiger partial charge in [0.05, 0.1) is 6.54 Å². The summed E-state index contributed by atoms with van der Waals surface area (Å²) in [7, 11) is 0. The van der Waals surface area contributed by atoms with Crippen LogP contribution in [0.1, 0.15) is 23.1 Å². The number of likely N-dealkylation sites (N-methyl/N-ethyl adjacent to an activating group) is 1. The summed E-state index contributed by atoms with van der Waals surface area (Å²) in [6.45, 7) is 5.40. The van der Waals surface area contributed by atoms with Crippen molar-refractivity contribution in [1.29, 1.82) is 0 Å². The van der Waals surface area contributed by atoms with E-state index in [1.165, 1.54) is 0 Å². The molecule has 0 saturated carbocycles. The standard InChI is InChI=1S/C20H21N3O3/c1-3-22(11-15-13-25-17-8-4-5-9-18(17)26-15)20(24)16-12-23-14(2)7-6-10-19(23)21-16/h4-10,12,15H,3,11,13H2,1-2H3. The predicted molar refractivity (Wildman–Crippen MR) is 97.9 cm³/mol. The summed E-state index contributed by atoms with van der Waals surface area (Å²) in [5.74, 6) is 1.36. The van der Waals surface area contributed by atoms with E-state index in [-0.39, 0.29) is 12.0 Å². The minimum Gasteiger partial charge on any atom is -0.486 e. The predicted octanol–water partition coefficient (Wildman–Crippen LogP) is 2.94. The number of hydrogen-bond donors (Lipinski definition) is 0. The Morgan fingerprint density at radius 3 is 2.81 bits per heavy atom. The number of pyridine rings is 1. The van der Waals surface area contributed by atoms with E-state index in [4.69, 9.17) is 9.47 Å². The third kappa shape index (κ3) is 2.98. The number of carbonyl (C=O) groups excluding carboxylic acids is 1. The topological polar surface area (TPSA) is 56.1 Å². The summed E-state index contributed by atoms with van der Waals surface area (Å²) in [6, 6.07) is 13.4. The fourth-order valence-corrected chi connectivity index (χ4v) is 3.17. The second-order valence-electron chi connectivity index (χ2n) is 6.36. The molecule has 0 radical (unpaired) electrons. The number of fused-ring (bicyclic) bond motifs is 2. The van der Waals surface area contributed by atoms with Gasteiger partial charge in [-0.3, -0.25) is 4.79 Å². The molecule has 0 fully saturated rings. The second-order valence-corrected chi connectivity index (χ2v) is 6.36. The number of carbonyl (C=O) groups is 1. The number of para-hydroxylation sites is 2.